The number of carbonyl (C=O) groups is 1. The van der Waals surface area contributed by atoms with Gasteiger partial charge in [0.05, 0.1) is 5.69 Å². The smallest absolute Gasteiger partial charge is 0.265 e. The lowest BCUT2D eigenvalue weighted by Gasteiger charge is -2.28. The molecule has 0 radical (unpaired) electrons. The fraction of sp³-hybridized carbons (Fsp3) is 0.235. The first-order valence-electron chi connectivity index (χ1n) is 7.23. The average molecular weight is 317 g/mol. The number of halogens is 1. The molecule has 1 N–H and O–H groups in total. The maximum absolute atomic E-state index is 11.8. The first-order valence-corrected chi connectivity index (χ1v) is 7.60. The summed E-state index contributed by atoms with van der Waals surface area (Å²) in [5.74, 6) is 0.736. The van der Waals surface area contributed by atoms with Crippen molar-refractivity contribution in [2.24, 2.45) is 0 Å². The summed E-state index contributed by atoms with van der Waals surface area (Å²) < 4.78 is 5.53. The Labute approximate surface area is 134 Å². The van der Waals surface area contributed by atoms with E-state index in [0.717, 1.165) is 27.7 Å². The Bertz CT molecular complexity index is 686. The molecule has 0 saturated heterocycles. The van der Waals surface area contributed by atoms with E-state index < -0.39 is 0 Å². The van der Waals surface area contributed by atoms with Gasteiger partial charge in [-0.1, -0.05) is 23.7 Å². The van der Waals surface area contributed by atoms with E-state index in [1.165, 1.54) is 0 Å². The summed E-state index contributed by atoms with van der Waals surface area (Å²) in [4.78, 5) is 13.5. The molecule has 2 aromatic carbocycles. The Balaban J connectivity index is 1.73. The molecule has 4 nitrogen and oxygen atoms in total. The van der Waals surface area contributed by atoms with E-state index in [4.69, 9.17) is 16.3 Å². The number of nitrogens with one attached hydrogen (secondary N) is 1. The van der Waals surface area contributed by atoms with Crippen LogP contribution in [-0.4, -0.2) is 19.1 Å². The number of nitrogens with zero attached hydrogens (tertiary/aromatic N) is 1. The topological polar surface area (TPSA) is 41.6 Å². The van der Waals surface area contributed by atoms with Crippen molar-refractivity contribution in [3.63, 3.8) is 0 Å². The number of benzene rings is 2. The van der Waals surface area contributed by atoms with Crippen molar-refractivity contribution < 1.29 is 9.53 Å². The summed E-state index contributed by atoms with van der Waals surface area (Å²) in [7, 11) is 0. The minimum atomic E-state index is -0.00289. The molecule has 0 fully saturated rings. The number of anilines is 2. The molecular formula is C17H17ClN2O2. The third kappa shape index (κ3) is 3.02. The van der Waals surface area contributed by atoms with Crippen molar-refractivity contribution in [3.05, 3.63) is 53.1 Å². The summed E-state index contributed by atoms with van der Waals surface area (Å²) >= 11 is 5.88. The van der Waals surface area contributed by atoms with Crippen LogP contribution in [0.1, 0.15) is 12.5 Å². The van der Waals surface area contributed by atoms with Gasteiger partial charge in [0.2, 0.25) is 0 Å². The Morgan fingerprint density at radius 1 is 1.23 bits per heavy atom. The van der Waals surface area contributed by atoms with E-state index in [1.807, 2.05) is 49.4 Å². The second kappa shape index (κ2) is 6.28. The molecule has 1 heterocycles. The summed E-state index contributed by atoms with van der Waals surface area (Å²) in [5, 5.41) is 4.08. The second-order valence-corrected chi connectivity index (χ2v) is 5.53. The van der Waals surface area contributed by atoms with Gasteiger partial charge in [0, 0.05) is 29.9 Å². The summed E-state index contributed by atoms with van der Waals surface area (Å²) in [6.07, 6.45) is 0. The van der Waals surface area contributed by atoms with Crippen molar-refractivity contribution in [2.45, 2.75) is 13.5 Å². The van der Waals surface area contributed by atoms with Crippen LogP contribution in [0.25, 0.3) is 0 Å². The Morgan fingerprint density at radius 3 is 2.73 bits per heavy atom. The lowest BCUT2D eigenvalue weighted by atomic mass is 10.2. The Hall–Kier alpha value is -2.20. The zero-order chi connectivity index (χ0) is 15.5. The molecule has 0 unspecified atom stereocenters. The van der Waals surface area contributed by atoms with Gasteiger partial charge in [0.1, 0.15) is 5.75 Å². The van der Waals surface area contributed by atoms with Crippen molar-refractivity contribution >= 4 is 28.9 Å². The van der Waals surface area contributed by atoms with Gasteiger partial charge in [0.15, 0.2) is 6.61 Å². The number of carbonyl (C=O) groups excluding carboxylic acids is 1. The number of likely N-dealkylation sites (N-methyl/N-ethyl adjacent to an activating group) is 1. The highest BCUT2D eigenvalue weighted by Crippen LogP contribution is 2.34. The van der Waals surface area contributed by atoms with Crippen molar-refractivity contribution in [1.29, 1.82) is 0 Å². The lowest BCUT2D eigenvalue weighted by Crippen LogP contribution is -2.38. The third-order valence-electron chi connectivity index (χ3n) is 3.63. The largest absolute Gasteiger partial charge is 0.481 e. The molecule has 5 heteroatoms. The highest BCUT2D eigenvalue weighted by molar-refractivity contribution is 6.30. The first kappa shape index (κ1) is 14.7. The fourth-order valence-electron chi connectivity index (χ4n) is 2.47. The number of ether oxygens (including phenoxy) is 1. The van der Waals surface area contributed by atoms with Crippen LogP contribution in [0.2, 0.25) is 5.02 Å². The van der Waals surface area contributed by atoms with Gasteiger partial charge in [-0.3, -0.25) is 4.79 Å². The number of hydrogen-bond acceptors (Lipinski definition) is 3. The molecule has 0 spiro atoms. The number of rotatable bonds is 4. The van der Waals surface area contributed by atoms with Crippen LogP contribution in [0.4, 0.5) is 11.4 Å². The van der Waals surface area contributed by atoms with Crippen LogP contribution < -0.4 is 15.0 Å². The predicted octanol–water partition coefficient (Wildman–Crippen LogP) is 3.70. The zero-order valence-electron chi connectivity index (χ0n) is 12.3. The predicted molar refractivity (Wildman–Crippen MR) is 88.7 cm³/mol. The standard InChI is InChI=1S/C17H17ClN2O2/c1-2-20-15-8-7-14(9-16(15)22-11-17(20)21)19-10-12-3-5-13(18)6-4-12/h3-9,19H,2,10-11H2,1H3. The number of fused-ring (bicyclic) bond motifs is 1. The van der Waals surface area contributed by atoms with Gasteiger partial charge in [0.25, 0.3) is 5.91 Å². The molecule has 2 aromatic rings. The molecule has 0 bridgehead atoms. The highest BCUT2D eigenvalue weighted by Gasteiger charge is 2.24. The van der Waals surface area contributed by atoms with E-state index in [2.05, 4.69) is 5.32 Å². The monoisotopic (exact) mass is 316 g/mol. The quantitative estimate of drug-likeness (QED) is 0.935. The van der Waals surface area contributed by atoms with Gasteiger partial charge in [-0.15, -0.1) is 0 Å². The number of hydrogen-bond donors (Lipinski definition) is 1. The maximum atomic E-state index is 11.8. The molecular weight excluding hydrogens is 300 g/mol. The fourth-order valence-corrected chi connectivity index (χ4v) is 2.59. The van der Waals surface area contributed by atoms with E-state index in [0.29, 0.717) is 13.1 Å². The van der Waals surface area contributed by atoms with Crippen LogP contribution >= 0.6 is 11.6 Å². The van der Waals surface area contributed by atoms with E-state index >= 15 is 0 Å². The average Bonchev–Trinajstić information content (AvgIpc) is 2.54. The van der Waals surface area contributed by atoms with E-state index in [9.17, 15) is 4.79 Å². The molecule has 0 atom stereocenters. The highest BCUT2D eigenvalue weighted by atomic mass is 35.5. The summed E-state index contributed by atoms with van der Waals surface area (Å²) in [5.41, 5.74) is 2.93. The van der Waals surface area contributed by atoms with Crippen LogP contribution in [-0.2, 0) is 11.3 Å². The summed E-state index contributed by atoms with van der Waals surface area (Å²) in [6, 6.07) is 13.5. The Kier molecular flexibility index (Phi) is 4.20. The molecule has 114 valence electrons. The van der Waals surface area contributed by atoms with Crippen molar-refractivity contribution in [1.82, 2.24) is 0 Å². The second-order valence-electron chi connectivity index (χ2n) is 5.09. The van der Waals surface area contributed by atoms with Crippen molar-refractivity contribution in [3.8, 4) is 5.75 Å². The normalized spacial score (nSPS) is 13.5. The van der Waals surface area contributed by atoms with Gasteiger partial charge in [-0.25, -0.2) is 0 Å². The lowest BCUT2D eigenvalue weighted by molar-refractivity contribution is -0.121. The van der Waals surface area contributed by atoms with Crippen LogP contribution in [0.3, 0.4) is 0 Å². The van der Waals surface area contributed by atoms with Crippen LogP contribution in [0.15, 0.2) is 42.5 Å². The third-order valence-corrected chi connectivity index (χ3v) is 3.88. The van der Waals surface area contributed by atoms with Crippen LogP contribution in [0, 0.1) is 0 Å². The number of amides is 1. The van der Waals surface area contributed by atoms with Crippen LogP contribution in [0.5, 0.6) is 5.75 Å². The summed E-state index contributed by atoms with van der Waals surface area (Å²) in [6.45, 7) is 3.40. The minimum Gasteiger partial charge on any atom is -0.481 e. The molecule has 3 rings (SSSR count). The molecule has 1 aliphatic heterocycles. The molecule has 0 saturated carbocycles. The van der Waals surface area contributed by atoms with Gasteiger partial charge >= 0.3 is 0 Å². The van der Waals surface area contributed by atoms with E-state index in [1.54, 1.807) is 4.90 Å². The zero-order valence-corrected chi connectivity index (χ0v) is 13.1. The minimum absolute atomic E-state index is 0.00289. The Morgan fingerprint density at radius 2 is 2.00 bits per heavy atom. The molecule has 1 amide bonds. The first-order chi connectivity index (χ1) is 10.7. The van der Waals surface area contributed by atoms with Crippen molar-refractivity contribution in [2.75, 3.05) is 23.4 Å². The molecule has 0 aliphatic carbocycles. The maximum Gasteiger partial charge on any atom is 0.265 e. The van der Waals surface area contributed by atoms with Gasteiger partial charge in [-0.2, -0.15) is 0 Å². The molecule has 0 aromatic heterocycles. The van der Waals surface area contributed by atoms with Gasteiger partial charge < -0.3 is 15.0 Å². The SMILES string of the molecule is CCN1C(=O)COc2cc(NCc3ccc(Cl)cc3)ccc21. The van der Waals surface area contributed by atoms with E-state index in [-0.39, 0.29) is 12.5 Å². The molecule has 1 aliphatic rings. The van der Waals surface area contributed by atoms with Gasteiger partial charge in [-0.05, 0) is 36.8 Å². The molecule has 22 heavy (non-hydrogen) atoms.